The Bertz CT molecular complexity index is 585. The quantitative estimate of drug-likeness (QED) is 0.883. The van der Waals surface area contributed by atoms with Crippen LogP contribution in [0.25, 0.3) is 0 Å². The van der Waals surface area contributed by atoms with Crippen LogP contribution >= 0.6 is 0 Å². The second-order valence-corrected chi connectivity index (χ2v) is 4.12. The van der Waals surface area contributed by atoms with Crippen LogP contribution < -0.4 is 20.5 Å². The molecule has 100 valence electrons. The van der Waals surface area contributed by atoms with Crippen LogP contribution in [0.5, 0.6) is 11.5 Å². The smallest absolute Gasteiger partial charge is 0.142 e. The summed E-state index contributed by atoms with van der Waals surface area (Å²) in [6.07, 6.45) is 1.63. The van der Waals surface area contributed by atoms with Crippen molar-refractivity contribution >= 4 is 17.2 Å². The SMILES string of the molecule is COc1ccc(OC)c(Nc2cc(C)c(N)cn2)c1. The Labute approximate surface area is 112 Å². The predicted molar refractivity (Wildman–Crippen MR) is 76.2 cm³/mol. The van der Waals surface area contributed by atoms with Gasteiger partial charge in [-0.3, -0.25) is 0 Å². The van der Waals surface area contributed by atoms with Crippen molar-refractivity contribution in [1.29, 1.82) is 0 Å². The van der Waals surface area contributed by atoms with Crippen LogP contribution in [-0.2, 0) is 0 Å². The first-order valence-corrected chi connectivity index (χ1v) is 5.85. The van der Waals surface area contributed by atoms with Crippen LogP contribution in [0.15, 0.2) is 30.5 Å². The molecule has 0 aliphatic rings. The maximum absolute atomic E-state index is 5.75. The molecule has 0 amide bonds. The average molecular weight is 259 g/mol. The molecule has 0 atom stereocenters. The predicted octanol–water partition coefficient (Wildman–Crippen LogP) is 2.73. The first kappa shape index (κ1) is 13.0. The summed E-state index contributed by atoms with van der Waals surface area (Å²) in [5.74, 6) is 2.17. The molecule has 0 saturated carbocycles. The minimum atomic E-state index is 0.670. The van der Waals surface area contributed by atoms with E-state index in [1.165, 1.54) is 0 Å². The molecule has 2 rings (SSSR count). The van der Waals surface area contributed by atoms with Crippen LogP contribution in [0.2, 0.25) is 0 Å². The molecule has 3 N–H and O–H groups in total. The molecule has 0 aliphatic heterocycles. The van der Waals surface area contributed by atoms with Crippen LogP contribution in [-0.4, -0.2) is 19.2 Å². The molecular weight excluding hydrogens is 242 g/mol. The van der Waals surface area contributed by atoms with E-state index in [1.807, 2.05) is 31.2 Å². The normalized spacial score (nSPS) is 10.1. The number of hydrogen-bond donors (Lipinski definition) is 2. The van der Waals surface area contributed by atoms with Crippen molar-refractivity contribution in [2.24, 2.45) is 0 Å². The van der Waals surface area contributed by atoms with Gasteiger partial charge in [0.1, 0.15) is 17.3 Å². The van der Waals surface area contributed by atoms with Crippen LogP contribution in [0.3, 0.4) is 0 Å². The molecule has 5 heteroatoms. The number of methoxy groups -OCH3 is 2. The summed E-state index contributed by atoms with van der Waals surface area (Å²) in [7, 11) is 3.24. The number of aryl methyl sites for hydroxylation is 1. The monoisotopic (exact) mass is 259 g/mol. The van der Waals surface area contributed by atoms with Gasteiger partial charge in [0, 0.05) is 6.07 Å². The van der Waals surface area contributed by atoms with Crippen molar-refractivity contribution < 1.29 is 9.47 Å². The number of hydrogen-bond acceptors (Lipinski definition) is 5. The van der Waals surface area contributed by atoms with Gasteiger partial charge in [-0.05, 0) is 30.7 Å². The maximum atomic E-state index is 5.75. The molecule has 2 aromatic rings. The second kappa shape index (κ2) is 5.48. The van der Waals surface area contributed by atoms with Gasteiger partial charge < -0.3 is 20.5 Å². The Hall–Kier alpha value is -2.43. The number of nitrogen functional groups attached to an aromatic ring is 1. The zero-order chi connectivity index (χ0) is 13.8. The third-order valence-corrected chi connectivity index (χ3v) is 2.82. The van der Waals surface area contributed by atoms with Gasteiger partial charge in [-0.15, -0.1) is 0 Å². The molecule has 1 heterocycles. The number of anilines is 3. The summed E-state index contributed by atoms with van der Waals surface area (Å²) in [6, 6.07) is 7.41. The second-order valence-electron chi connectivity index (χ2n) is 4.12. The highest BCUT2D eigenvalue weighted by Crippen LogP contribution is 2.31. The Morgan fingerprint density at radius 1 is 1.16 bits per heavy atom. The molecule has 1 aromatic heterocycles. The Kier molecular flexibility index (Phi) is 3.75. The number of nitrogens with one attached hydrogen (secondary N) is 1. The first-order chi connectivity index (χ1) is 9.13. The maximum Gasteiger partial charge on any atom is 0.142 e. The lowest BCUT2D eigenvalue weighted by Gasteiger charge is -2.12. The van der Waals surface area contributed by atoms with E-state index < -0.39 is 0 Å². The van der Waals surface area contributed by atoms with Gasteiger partial charge in [-0.2, -0.15) is 0 Å². The van der Waals surface area contributed by atoms with Gasteiger partial charge in [-0.25, -0.2) is 4.98 Å². The Morgan fingerprint density at radius 3 is 2.58 bits per heavy atom. The first-order valence-electron chi connectivity index (χ1n) is 5.85. The zero-order valence-corrected chi connectivity index (χ0v) is 11.2. The molecule has 0 fully saturated rings. The topological polar surface area (TPSA) is 69.4 Å². The average Bonchev–Trinajstić information content (AvgIpc) is 2.43. The zero-order valence-electron chi connectivity index (χ0n) is 11.2. The van der Waals surface area contributed by atoms with E-state index in [9.17, 15) is 0 Å². The molecule has 0 radical (unpaired) electrons. The number of benzene rings is 1. The number of pyridine rings is 1. The van der Waals surface area contributed by atoms with Gasteiger partial charge in [0.15, 0.2) is 0 Å². The fourth-order valence-corrected chi connectivity index (χ4v) is 1.68. The third-order valence-electron chi connectivity index (χ3n) is 2.82. The van der Waals surface area contributed by atoms with E-state index in [0.29, 0.717) is 11.5 Å². The van der Waals surface area contributed by atoms with Gasteiger partial charge in [0.25, 0.3) is 0 Å². The van der Waals surface area contributed by atoms with E-state index in [0.717, 1.165) is 22.7 Å². The van der Waals surface area contributed by atoms with Crippen molar-refractivity contribution in [2.75, 3.05) is 25.3 Å². The molecule has 0 aliphatic carbocycles. The largest absolute Gasteiger partial charge is 0.497 e. The van der Waals surface area contributed by atoms with E-state index in [1.54, 1.807) is 20.4 Å². The summed E-state index contributed by atoms with van der Waals surface area (Å²) >= 11 is 0. The Balaban J connectivity index is 2.33. The molecule has 0 bridgehead atoms. The molecule has 19 heavy (non-hydrogen) atoms. The van der Waals surface area contributed by atoms with Crippen molar-refractivity contribution in [2.45, 2.75) is 6.92 Å². The van der Waals surface area contributed by atoms with Crippen molar-refractivity contribution in [3.8, 4) is 11.5 Å². The lowest BCUT2D eigenvalue weighted by molar-refractivity contribution is 0.405. The minimum absolute atomic E-state index is 0.670. The highest BCUT2D eigenvalue weighted by atomic mass is 16.5. The van der Waals surface area contributed by atoms with E-state index in [2.05, 4.69) is 10.3 Å². The number of aromatic nitrogens is 1. The molecule has 0 unspecified atom stereocenters. The summed E-state index contributed by atoms with van der Waals surface area (Å²) < 4.78 is 10.5. The number of ether oxygens (including phenoxy) is 2. The summed E-state index contributed by atoms with van der Waals surface area (Å²) in [5, 5.41) is 3.19. The number of nitrogens with two attached hydrogens (primary N) is 1. The highest BCUT2D eigenvalue weighted by Gasteiger charge is 2.06. The molecule has 0 saturated heterocycles. The van der Waals surface area contributed by atoms with Crippen LogP contribution in [0.4, 0.5) is 17.2 Å². The number of nitrogens with zero attached hydrogens (tertiary/aromatic N) is 1. The van der Waals surface area contributed by atoms with Crippen molar-refractivity contribution in [3.63, 3.8) is 0 Å². The fraction of sp³-hybridized carbons (Fsp3) is 0.214. The standard InChI is InChI=1S/C14H17N3O2/c1-9-6-14(16-8-11(9)15)17-12-7-10(18-2)4-5-13(12)19-3/h4-8H,15H2,1-3H3,(H,16,17). The molecule has 5 nitrogen and oxygen atoms in total. The lowest BCUT2D eigenvalue weighted by atomic mass is 10.2. The fourth-order valence-electron chi connectivity index (χ4n) is 1.68. The minimum Gasteiger partial charge on any atom is -0.497 e. The third kappa shape index (κ3) is 2.88. The summed E-state index contributed by atoms with van der Waals surface area (Å²) in [6.45, 7) is 1.94. The number of rotatable bonds is 4. The van der Waals surface area contributed by atoms with Gasteiger partial charge in [0.05, 0.1) is 31.8 Å². The lowest BCUT2D eigenvalue weighted by Crippen LogP contribution is -1.99. The van der Waals surface area contributed by atoms with Crippen molar-refractivity contribution in [1.82, 2.24) is 4.98 Å². The van der Waals surface area contributed by atoms with Gasteiger partial charge in [0.2, 0.25) is 0 Å². The van der Waals surface area contributed by atoms with Gasteiger partial charge in [-0.1, -0.05) is 0 Å². The summed E-state index contributed by atoms with van der Waals surface area (Å²) in [5.41, 5.74) is 8.18. The molecular formula is C14H17N3O2. The van der Waals surface area contributed by atoms with Crippen LogP contribution in [0, 0.1) is 6.92 Å². The van der Waals surface area contributed by atoms with E-state index in [-0.39, 0.29) is 0 Å². The van der Waals surface area contributed by atoms with Gasteiger partial charge >= 0.3 is 0 Å². The molecule has 1 aromatic carbocycles. The van der Waals surface area contributed by atoms with Crippen molar-refractivity contribution in [3.05, 3.63) is 36.0 Å². The summed E-state index contributed by atoms with van der Waals surface area (Å²) in [4.78, 5) is 4.23. The van der Waals surface area contributed by atoms with E-state index >= 15 is 0 Å². The Morgan fingerprint density at radius 2 is 1.95 bits per heavy atom. The van der Waals surface area contributed by atoms with Crippen LogP contribution in [0.1, 0.15) is 5.56 Å². The highest BCUT2D eigenvalue weighted by molar-refractivity contribution is 5.67. The molecule has 0 spiro atoms. The van der Waals surface area contributed by atoms with E-state index in [4.69, 9.17) is 15.2 Å².